The van der Waals surface area contributed by atoms with Crippen LogP contribution in [0.1, 0.15) is 45.2 Å². The van der Waals surface area contributed by atoms with E-state index in [1.165, 1.54) is 10.4 Å². The summed E-state index contributed by atoms with van der Waals surface area (Å²) < 4.78 is 0. The van der Waals surface area contributed by atoms with E-state index in [-0.39, 0.29) is 5.78 Å². The first kappa shape index (κ1) is 13.6. The number of H-pyrrole nitrogens is 1. The topological polar surface area (TPSA) is 36.1 Å². The molecular weight excluding hydrogens is 268 g/mol. The van der Waals surface area contributed by atoms with E-state index >= 15 is 0 Å². The van der Waals surface area contributed by atoms with Gasteiger partial charge in [-0.3, -0.25) is 9.69 Å². The SMILES string of the molecule is Cc1cc(C(=O)CN2CCc3sccc3C2C)c(C)[nH]1. The highest BCUT2D eigenvalue weighted by Crippen LogP contribution is 2.32. The van der Waals surface area contributed by atoms with Crippen molar-refractivity contribution in [2.24, 2.45) is 0 Å². The number of hydrogen-bond donors (Lipinski definition) is 1. The second kappa shape index (κ2) is 5.19. The minimum atomic E-state index is 0.220. The number of hydrogen-bond acceptors (Lipinski definition) is 3. The molecule has 0 aliphatic carbocycles. The fraction of sp³-hybridized carbons (Fsp3) is 0.438. The molecule has 0 saturated carbocycles. The molecule has 106 valence electrons. The molecule has 0 bridgehead atoms. The summed E-state index contributed by atoms with van der Waals surface area (Å²) in [5.74, 6) is 0.220. The molecule has 3 heterocycles. The predicted octanol–water partition coefficient (Wildman–Crippen LogP) is 3.50. The zero-order valence-corrected chi connectivity index (χ0v) is 13.0. The molecule has 1 aliphatic rings. The van der Waals surface area contributed by atoms with Crippen molar-refractivity contribution in [3.05, 3.63) is 44.9 Å². The van der Waals surface area contributed by atoms with E-state index in [1.807, 2.05) is 31.3 Å². The number of carbonyl (C=O) groups excluding carboxylic acids is 1. The van der Waals surface area contributed by atoms with Crippen LogP contribution in [-0.4, -0.2) is 28.8 Å². The molecular formula is C16H20N2OS. The molecule has 20 heavy (non-hydrogen) atoms. The summed E-state index contributed by atoms with van der Waals surface area (Å²) in [6.45, 7) is 7.65. The van der Waals surface area contributed by atoms with Crippen molar-refractivity contribution in [2.75, 3.05) is 13.1 Å². The first-order valence-electron chi connectivity index (χ1n) is 7.06. The third kappa shape index (κ3) is 2.34. The van der Waals surface area contributed by atoms with Crippen molar-refractivity contribution in [1.29, 1.82) is 0 Å². The van der Waals surface area contributed by atoms with E-state index in [0.29, 0.717) is 12.6 Å². The minimum Gasteiger partial charge on any atom is -0.362 e. The van der Waals surface area contributed by atoms with E-state index in [0.717, 1.165) is 29.9 Å². The van der Waals surface area contributed by atoms with Crippen LogP contribution in [0.15, 0.2) is 17.5 Å². The van der Waals surface area contributed by atoms with Gasteiger partial charge in [-0.2, -0.15) is 0 Å². The van der Waals surface area contributed by atoms with E-state index in [9.17, 15) is 4.79 Å². The maximum Gasteiger partial charge on any atom is 0.178 e. The van der Waals surface area contributed by atoms with Crippen molar-refractivity contribution in [1.82, 2.24) is 9.88 Å². The lowest BCUT2D eigenvalue weighted by Gasteiger charge is -2.32. The molecule has 1 N–H and O–H groups in total. The maximum absolute atomic E-state index is 12.5. The monoisotopic (exact) mass is 288 g/mol. The van der Waals surface area contributed by atoms with E-state index in [2.05, 4.69) is 28.3 Å². The molecule has 0 radical (unpaired) electrons. The Bertz CT molecular complexity index is 641. The number of Topliss-reactive ketones (excluding diaryl/α,β-unsaturated/α-hetero) is 1. The van der Waals surface area contributed by atoms with E-state index in [1.54, 1.807) is 0 Å². The molecule has 4 heteroatoms. The third-order valence-corrected chi connectivity index (χ3v) is 5.20. The quantitative estimate of drug-likeness (QED) is 0.878. The maximum atomic E-state index is 12.5. The van der Waals surface area contributed by atoms with Gasteiger partial charge in [0.15, 0.2) is 5.78 Å². The van der Waals surface area contributed by atoms with Crippen molar-refractivity contribution in [2.45, 2.75) is 33.2 Å². The molecule has 3 nitrogen and oxygen atoms in total. The normalized spacial score (nSPS) is 19.1. The third-order valence-electron chi connectivity index (χ3n) is 4.20. The zero-order chi connectivity index (χ0) is 14.3. The van der Waals surface area contributed by atoms with Gasteiger partial charge in [0.2, 0.25) is 0 Å². The van der Waals surface area contributed by atoms with Gasteiger partial charge in [0, 0.05) is 34.4 Å². The molecule has 1 aliphatic heterocycles. The first-order valence-corrected chi connectivity index (χ1v) is 7.94. The van der Waals surface area contributed by atoms with Crippen LogP contribution in [0.25, 0.3) is 0 Å². The summed E-state index contributed by atoms with van der Waals surface area (Å²) in [6, 6.07) is 4.50. The van der Waals surface area contributed by atoms with Gasteiger partial charge in [-0.1, -0.05) is 0 Å². The molecule has 0 amide bonds. The average molecular weight is 288 g/mol. The number of fused-ring (bicyclic) bond motifs is 1. The minimum absolute atomic E-state index is 0.220. The molecule has 1 atom stereocenters. The number of nitrogens with zero attached hydrogens (tertiary/aromatic N) is 1. The van der Waals surface area contributed by atoms with Gasteiger partial charge in [-0.15, -0.1) is 11.3 Å². The molecule has 0 fully saturated rings. The number of thiophene rings is 1. The summed E-state index contributed by atoms with van der Waals surface area (Å²) >= 11 is 1.84. The summed E-state index contributed by atoms with van der Waals surface area (Å²) in [7, 11) is 0. The Kier molecular flexibility index (Phi) is 3.52. The lowest BCUT2D eigenvalue weighted by molar-refractivity contribution is 0.0891. The van der Waals surface area contributed by atoms with Crippen molar-refractivity contribution in [3.63, 3.8) is 0 Å². The van der Waals surface area contributed by atoms with Crippen LogP contribution in [-0.2, 0) is 6.42 Å². The van der Waals surface area contributed by atoms with Crippen molar-refractivity contribution >= 4 is 17.1 Å². The molecule has 0 spiro atoms. The van der Waals surface area contributed by atoms with Gasteiger partial charge < -0.3 is 4.98 Å². The van der Waals surface area contributed by atoms with Crippen LogP contribution in [0.4, 0.5) is 0 Å². The highest BCUT2D eigenvalue weighted by molar-refractivity contribution is 7.10. The van der Waals surface area contributed by atoms with E-state index < -0.39 is 0 Å². The number of nitrogens with one attached hydrogen (secondary N) is 1. The Morgan fingerprint density at radius 3 is 3.00 bits per heavy atom. The summed E-state index contributed by atoms with van der Waals surface area (Å²) in [6.07, 6.45) is 1.07. The van der Waals surface area contributed by atoms with Crippen LogP contribution in [0.3, 0.4) is 0 Å². The molecule has 2 aromatic rings. The van der Waals surface area contributed by atoms with Crippen LogP contribution < -0.4 is 0 Å². The molecule has 2 aromatic heterocycles. The molecule has 0 aromatic carbocycles. The Morgan fingerprint density at radius 2 is 2.30 bits per heavy atom. The molecule has 1 unspecified atom stereocenters. The van der Waals surface area contributed by atoms with Crippen LogP contribution in [0, 0.1) is 13.8 Å². The van der Waals surface area contributed by atoms with Gasteiger partial charge in [0.25, 0.3) is 0 Å². The number of aryl methyl sites for hydroxylation is 2. The average Bonchev–Trinajstić information content (AvgIpc) is 2.99. The smallest absolute Gasteiger partial charge is 0.178 e. The summed E-state index contributed by atoms with van der Waals surface area (Å²) in [5, 5.41) is 2.16. The lowest BCUT2D eigenvalue weighted by Crippen LogP contribution is -2.37. The summed E-state index contributed by atoms with van der Waals surface area (Å²) in [4.78, 5) is 19.5. The van der Waals surface area contributed by atoms with Crippen LogP contribution in [0.2, 0.25) is 0 Å². The van der Waals surface area contributed by atoms with Gasteiger partial charge >= 0.3 is 0 Å². The van der Waals surface area contributed by atoms with Gasteiger partial charge in [-0.05, 0) is 50.3 Å². The Hall–Kier alpha value is -1.39. The molecule has 0 saturated heterocycles. The predicted molar refractivity (Wildman–Crippen MR) is 82.6 cm³/mol. The molecule has 3 rings (SSSR count). The largest absolute Gasteiger partial charge is 0.362 e. The second-order valence-electron chi connectivity index (χ2n) is 5.61. The Balaban J connectivity index is 1.76. The number of carbonyl (C=O) groups is 1. The second-order valence-corrected chi connectivity index (χ2v) is 6.61. The van der Waals surface area contributed by atoms with Gasteiger partial charge in [0.1, 0.15) is 0 Å². The fourth-order valence-corrected chi connectivity index (χ4v) is 4.02. The number of ketones is 1. The van der Waals surface area contributed by atoms with Gasteiger partial charge in [-0.25, -0.2) is 0 Å². The number of rotatable bonds is 3. The highest BCUT2D eigenvalue weighted by atomic mass is 32.1. The van der Waals surface area contributed by atoms with E-state index in [4.69, 9.17) is 0 Å². The zero-order valence-electron chi connectivity index (χ0n) is 12.2. The standard InChI is InChI=1S/C16H20N2OS/c1-10-8-14(11(2)17-10)15(19)9-18-6-4-16-13(12(18)3)5-7-20-16/h5,7-8,12,17H,4,6,9H2,1-3H3. The fourth-order valence-electron chi connectivity index (χ4n) is 3.06. The van der Waals surface area contributed by atoms with Crippen molar-refractivity contribution < 1.29 is 4.79 Å². The highest BCUT2D eigenvalue weighted by Gasteiger charge is 2.26. The number of aromatic amines is 1. The Labute approximate surface area is 123 Å². The van der Waals surface area contributed by atoms with Crippen molar-refractivity contribution in [3.8, 4) is 0 Å². The summed E-state index contributed by atoms with van der Waals surface area (Å²) in [5.41, 5.74) is 4.27. The van der Waals surface area contributed by atoms with Crippen LogP contribution in [0.5, 0.6) is 0 Å². The number of aromatic nitrogens is 1. The van der Waals surface area contributed by atoms with Gasteiger partial charge in [0.05, 0.1) is 6.54 Å². The first-order chi connectivity index (χ1) is 9.56. The Morgan fingerprint density at radius 1 is 1.50 bits per heavy atom. The lowest BCUT2D eigenvalue weighted by atomic mass is 10.0. The van der Waals surface area contributed by atoms with Crippen LogP contribution >= 0.6 is 11.3 Å².